The van der Waals surface area contributed by atoms with Crippen molar-refractivity contribution in [2.24, 2.45) is 5.10 Å². The molecule has 1 aliphatic heterocycles. The molecule has 0 spiro atoms. The van der Waals surface area contributed by atoms with Gasteiger partial charge in [-0.05, 0) is 66.4 Å². The number of hydrogen-bond acceptors (Lipinski definition) is 8. The van der Waals surface area contributed by atoms with Gasteiger partial charge in [-0.3, -0.25) is 0 Å². The molecule has 0 unspecified atom stereocenters. The number of aromatic nitrogens is 3. The van der Waals surface area contributed by atoms with Crippen molar-refractivity contribution in [3.8, 4) is 5.75 Å². The Labute approximate surface area is 207 Å². The van der Waals surface area contributed by atoms with Gasteiger partial charge in [0.2, 0.25) is 17.8 Å². The fraction of sp³-hybridized carbons (Fsp3) is 0.273. The third-order valence-electron chi connectivity index (χ3n) is 5.23. The number of nitrogens with zero attached hydrogens (tertiary/aromatic N) is 5. The topological polar surface area (TPSA) is 98.6 Å². The van der Waals surface area contributed by atoms with E-state index in [1.54, 1.807) is 30.3 Å². The zero-order valence-corrected chi connectivity index (χ0v) is 20.9. The number of phenols is 1. The molecule has 1 aliphatic rings. The Bertz CT molecular complexity index is 1180. The van der Waals surface area contributed by atoms with Crippen LogP contribution in [0.25, 0.3) is 0 Å². The first kappa shape index (κ1) is 23.4. The van der Waals surface area contributed by atoms with Crippen molar-refractivity contribution in [1.29, 1.82) is 0 Å². The van der Waals surface area contributed by atoms with Crippen molar-refractivity contribution in [1.82, 2.24) is 15.0 Å². The van der Waals surface area contributed by atoms with E-state index in [0.29, 0.717) is 16.0 Å². The lowest BCUT2D eigenvalue weighted by molar-refractivity contribution is 0.471. The molecule has 3 aromatic rings. The smallest absolute Gasteiger partial charge is 0.250 e. The lowest BCUT2D eigenvalue weighted by Gasteiger charge is -2.33. The number of hydrazone groups is 1. The van der Waals surface area contributed by atoms with Gasteiger partial charge in [-0.2, -0.15) is 20.1 Å². The third kappa shape index (κ3) is 5.77. The summed E-state index contributed by atoms with van der Waals surface area (Å²) >= 11 is 6.69. The summed E-state index contributed by atoms with van der Waals surface area (Å²) in [4.78, 5) is 15.5. The molecule has 0 amide bonds. The van der Waals surface area contributed by atoms with Gasteiger partial charge in [-0.15, -0.1) is 0 Å². The standard InChI is InChI=1S/C22H22Br2FN7O/c1-13-6-4-5-9-32(13)22-29-20(27-18-8-3-2-7-17(18)25)28-21(30-22)31-26-12-14-10-15(23)11-16(24)19(14)33/h2-3,7-8,10-13,33H,4-6,9H2,1H3,(H2,27,28,29,30,31)/b26-12-/t13-/m0/s1. The Kier molecular flexibility index (Phi) is 7.39. The molecule has 0 aliphatic carbocycles. The van der Waals surface area contributed by atoms with Gasteiger partial charge in [0.05, 0.1) is 16.4 Å². The summed E-state index contributed by atoms with van der Waals surface area (Å²) in [6.07, 6.45) is 4.70. The van der Waals surface area contributed by atoms with E-state index in [4.69, 9.17) is 0 Å². The monoisotopic (exact) mass is 577 g/mol. The van der Waals surface area contributed by atoms with E-state index < -0.39 is 5.82 Å². The second-order valence-corrected chi connectivity index (χ2v) is 9.39. The number of rotatable bonds is 6. The fourth-order valence-electron chi connectivity index (χ4n) is 3.52. The number of aromatic hydroxyl groups is 1. The highest BCUT2D eigenvalue weighted by atomic mass is 79.9. The number of hydrogen-bond donors (Lipinski definition) is 3. The first-order valence-electron chi connectivity index (χ1n) is 10.4. The highest BCUT2D eigenvalue weighted by Crippen LogP contribution is 2.31. The predicted octanol–water partition coefficient (Wildman–Crippen LogP) is 5.81. The largest absolute Gasteiger partial charge is 0.506 e. The summed E-state index contributed by atoms with van der Waals surface area (Å²) in [5.41, 5.74) is 3.56. The molecule has 0 radical (unpaired) electrons. The number of benzene rings is 2. The van der Waals surface area contributed by atoms with Crippen molar-refractivity contribution in [3.63, 3.8) is 0 Å². The third-order valence-corrected chi connectivity index (χ3v) is 6.29. The average Bonchev–Trinajstić information content (AvgIpc) is 2.79. The summed E-state index contributed by atoms with van der Waals surface area (Å²) < 4.78 is 15.5. The van der Waals surface area contributed by atoms with E-state index in [1.807, 2.05) is 0 Å². The number of anilines is 4. The molecule has 3 N–H and O–H groups in total. The van der Waals surface area contributed by atoms with Crippen molar-refractivity contribution in [3.05, 3.63) is 56.7 Å². The van der Waals surface area contributed by atoms with Crippen molar-refractivity contribution < 1.29 is 9.50 Å². The molecule has 11 heteroatoms. The molecule has 33 heavy (non-hydrogen) atoms. The highest BCUT2D eigenvalue weighted by Gasteiger charge is 2.22. The molecule has 1 aromatic heterocycles. The molecule has 1 atom stereocenters. The van der Waals surface area contributed by atoms with Gasteiger partial charge in [0.15, 0.2) is 0 Å². The van der Waals surface area contributed by atoms with Crippen LogP contribution in [0.3, 0.4) is 0 Å². The van der Waals surface area contributed by atoms with Gasteiger partial charge in [-0.1, -0.05) is 28.1 Å². The Morgan fingerprint density at radius 1 is 1.15 bits per heavy atom. The first-order chi connectivity index (χ1) is 15.9. The normalized spacial score (nSPS) is 16.2. The summed E-state index contributed by atoms with van der Waals surface area (Å²) in [6, 6.07) is 10.1. The van der Waals surface area contributed by atoms with Crippen LogP contribution in [-0.2, 0) is 0 Å². The van der Waals surface area contributed by atoms with E-state index in [9.17, 15) is 9.50 Å². The maximum Gasteiger partial charge on any atom is 0.250 e. The molecular weight excluding hydrogens is 557 g/mol. The number of para-hydroxylation sites is 1. The first-order valence-corrected chi connectivity index (χ1v) is 12.0. The van der Waals surface area contributed by atoms with E-state index in [-0.39, 0.29) is 29.4 Å². The number of halogens is 3. The summed E-state index contributed by atoms with van der Waals surface area (Å²) in [7, 11) is 0. The fourth-order valence-corrected chi connectivity index (χ4v) is 4.78. The predicted molar refractivity (Wildman–Crippen MR) is 135 cm³/mol. The maximum absolute atomic E-state index is 14.2. The van der Waals surface area contributed by atoms with Crippen LogP contribution in [-0.4, -0.2) is 38.9 Å². The van der Waals surface area contributed by atoms with Crippen LogP contribution in [0, 0.1) is 5.82 Å². The molecule has 172 valence electrons. The van der Waals surface area contributed by atoms with E-state index in [0.717, 1.165) is 30.3 Å². The van der Waals surface area contributed by atoms with Gasteiger partial charge >= 0.3 is 0 Å². The van der Waals surface area contributed by atoms with Crippen LogP contribution in [0.1, 0.15) is 31.7 Å². The zero-order valence-electron chi connectivity index (χ0n) is 17.8. The Morgan fingerprint density at radius 2 is 1.94 bits per heavy atom. The molecule has 1 fully saturated rings. The van der Waals surface area contributed by atoms with Crippen molar-refractivity contribution in [2.45, 2.75) is 32.2 Å². The zero-order chi connectivity index (χ0) is 23.4. The minimum Gasteiger partial charge on any atom is -0.506 e. The molecule has 2 aromatic carbocycles. The van der Waals surface area contributed by atoms with Crippen LogP contribution >= 0.6 is 31.9 Å². The van der Waals surface area contributed by atoms with Gasteiger partial charge in [0.1, 0.15) is 11.6 Å². The highest BCUT2D eigenvalue weighted by molar-refractivity contribution is 9.11. The Morgan fingerprint density at radius 3 is 2.73 bits per heavy atom. The molecule has 4 rings (SSSR count). The molecule has 2 heterocycles. The van der Waals surface area contributed by atoms with E-state index in [1.165, 1.54) is 12.3 Å². The summed E-state index contributed by atoms with van der Waals surface area (Å²) in [6.45, 7) is 2.96. The van der Waals surface area contributed by atoms with Crippen LogP contribution in [0.2, 0.25) is 0 Å². The van der Waals surface area contributed by atoms with Gasteiger partial charge in [-0.25, -0.2) is 9.82 Å². The van der Waals surface area contributed by atoms with Gasteiger partial charge in [0, 0.05) is 22.6 Å². The second kappa shape index (κ2) is 10.4. The molecule has 0 saturated carbocycles. The lowest BCUT2D eigenvalue weighted by Crippen LogP contribution is -2.38. The number of phenolic OH excluding ortho intramolecular Hbond substituents is 1. The van der Waals surface area contributed by atoms with Crippen LogP contribution in [0.5, 0.6) is 5.75 Å². The molecule has 1 saturated heterocycles. The van der Waals surface area contributed by atoms with E-state index in [2.05, 4.69) is 74.5 Å². The van der Waals surface area contributed by atoms with Crippen LogP contribution in [0.4, 0.5) is 27.9 Å². The van der Waals surface area contributed by atoms with Crippen LogP contribution in [0.15, 0.2) is 50.4 Å². The number of piperidine rings is 1. The molecule has 8 nitrogen and oxygen atoms in total. The number of nitrogens with one attached hydrogen (secondary N) is 2. The SMILES string of the molecule is C[C@H]1CCCCN1c1nc(N/N=C\c2cc(Br)cc(Br)c2O)nc(Nc2ccccc2F)n1. The van der Waals surface area contributed by atoms with Gasteiger partial charge in [0.25, 0.3) is 0 Å². The van der Waals surface area contributed by atoms with Crippen molar-refractivity contribution >= 4 is 61.6 Å². The van der Waals surface area contributed by atoms with E-state index >= 15 is 0 Å². The van der Waals surface area contributed by atoms with Crippen LogP contribution < -0.4 is 15.6 Å². The lowest BCUT2D eigenvalue weighted by atomic mass is 10.0. The van der Waals surface area contributed by atoms with Gasteiger partial charge < -0.3 is 15.3 Å². The Hall–Kier alpha value is -2.79. The Balaban J connectivity index is 1.63. The quantitative estimate of drug-likeness (QED) is 0.251. The molecule has 0 bridgehead atoms. The van der Waals surface area contributed by atoms with Crippen molar-refractivity contribution in [2.75, 3.05) is 22.2 Å². The second-order valence-electron chi connectivity index (χ2n) is 7.62. The summed E-state index contributed by atoms with van der Waals surface area (Å²) in [5, 5.41) is 17.3. The molecular formula is C22H22Br2FN7O. The average molecular weight is 579 g/mol. The minimum atomic E-state index is -0.408. The maximum atomic E-state index is 14.2. The summed E-state index contributed by atoms with van der Waals surface area (Å²) in [5.74, 6) is 0.537. The minimum absolute atomic E-state index is 0.0594.